The highest BCUT2D eigenvalue weighted by Crippen LogP contribution is 2.06. The van der Waals surface area contributed by atoms with Crippen molar-refractivity contribution in [1.82, 2.24) is 14.5 Å². The molecule has 0 radical (unpaired) electrons. The van der Waals surface area contributed by atoms with Crippen LogP contribution in [0.1, 0.15) is 18.3 Å². The van der Waals surface area contributed by atoms with Gasteiger partial charge in [-0.15, -0.1) is 0 Å². The Hall–Kier alpha value is -0.830. The second-order valence-corrected chi connectivity index (χ2v) is 3.88. The van der Waals surface area contributed by atoms with E-state index in [0.29, 0.717) is 6.04 Å². The van der Waals surface area contributed by atoms with E-state index in [1.165, 1.54) is 5.69 Å². The van der Waals surface area contributed by atoms with Crippen LogP contribution in [0, 0.1) is 13.8 Å². The molecule has 74 valence electrons. The third kappa shape index (κ3) is 2.31. The lowest BCUT2D eigenvalue weighted by Gasteiger charge is -2.20. The van der Waals surface area contributed by atoms with E-state index in [-0.39, 0.29) is 0 Å². The van der Waals surface area contributed by atoms with E-state index in [1.54, 1.807) is 0 Å². The normalized spacial score (nSPS) is 13.7. The van der Waals surface area contributed by atoms with Crippen molar-refractivity contribution in [3.05, 3.63) is 17.7 Å². The van der Waals surface area contributed by atoms with Gasteiger partial charge >= 0.3 is 0 Å². The van der Waals surface area contributed by atoms with E-state index in [9.17, 15) is 0 Å². The van der Waals surface area contributed by atoms with Gasteiger partial charge in [-0.1, -0.05) is 0 Å². The van der Waals surface area contributed by atoms with Gasteiger partial charge in [0.05, 0.1) is 12.0 Å². The summed E-state index contributed by atoms with van der Waals surface area (Å²) in [4.78, 5) is 6.49. The van der Waals surface area contributed by atoms with Crippen LogP contribution in [-0.2, 0) is 6.54 Å². The Morgan fingerprint density at radius 3 is 2.46 bits per heavy atom. The lowest BCUT2D eigenvalue weighted by molar-refractivity contribution is 0.282. The summed E-state index contributed by atoms with van der Waals surface area (Å²) in [5, 5.41) is 0. The van der Waals surface area contributed by atoms with Crippen LogP contribution in [0.25, 0.3) is 0 Å². The third-order valence-corrected chi connectivity index (χ3v) is 2.69. The molecule has 3 nitrogen and oxygen atoms in total. The fourth-order valence-corrected chi connectivity index (χ4v) is 1.18. The summed E-state index contributed by atoms with van der Waals surface area (Å²) in [6.07, 6.45) is 1.92. The minimum atomic E-state index is 0.548. The van der Waals surface area contributed by atoms with Gasteiger partial charge in [0.2, 0.25) is 0 Å². The Morgan fingerprint density at radius 2 is 2.08 bits per heavy atom. The minimum Gasteiger partial charge on any atom is -0.333 e. The van der Waals surface area contributed by atoms with E-state index < -0.39 is 0 Å². The molecular weight excluding hydrogens is 162 g/mol. The molecule has 0 saturated carbocycles. The molecule has 1 heterocycles. The van der Waals surface area contributed by atoms with E-state index in [2.05, 4.69) is 42.4 Å². The summed E-state index contributed by atoms with van der Waals surface area (Å²) in [6.45, 7) is 7.39. The maximum absolute atomic E-state index is 4.27. The van der Waals surface area contributed by atoms with Gasteiger partial charge in [-0.25, -0.2) is 4.98 Å². The maximum atomic E-state index is 4.27. The topological polar surface area (TPSA) is 21.1 Å². The van der Waals surface area contributed by atoms with Gasteiger partial charge in [-0.05, 0) is 34.9 Å². The Balaban J connectivity index is 2.69. The molecule has 0 spiro atoms. The lowest BCUT2D eigenvalue weighted by Crippen LogP contribution is -2.29. The predicted molar refractivity (Wildman–Crippen MR) is 54.9 cm³/mol. The molecule has 13 heavy (non-hydrogen) atoms. The fourth-order valence-electron chi connectivity index (χ4n) is 1.18. The second-order valence-electron chi connectivity index (χ2n) is 3.88. The third-order valence-electron chi connectivity index (χ3n) is 2.69. The molecule has 0 N–H and O–H groups in total. The summed E-state index contributed by atoms with van der Waals surface area (Å²) in [6, 6.07) is 0.548. The first-order chi connectivity index (χ1) is 6.02. The Morgan fingerprint density at radius 1 is 1.46 bits per heavy atom. The highest BCUT2D eigenvalue weighted by molar-refractivity contribution is 5.08. The van der Waals surface area contributed by atoms with Gasteiger partial charge in [0, 0.05) is 18.3 Å². The maximum Gasteiger partial charge on any atom is 0.0951 e. The van der Waals surface area contributed by atoms with Crippen LogP contribution in [0.2, 0.25) is 0 Å². The number of aryl methyl sites for hydroxylation is 1. The van der Waals surface area contributed by atoms with Crippen LogP contribution >= 0.6 is 0 Å². The largest absolute Gasteiger partial charge is 0.333 e. The molecular formula is C10H19N3. The van der Waals surface area contributed by atoms with Crippen molar-refractivity contribution >= 4 is 0 Å². The molecule has 0 aliphatic rings. The second kappa shape index (κ2) is 3.92. The first-order valence-corrected chi connectivity index (χ1v) is 4.67. The zero-order valence-corrected chi connectivity index (χ0v) is 9.20. The monoisotopic (exact) mass is 181 g/mol. The van der Waals surface area contributed by atoms with Gasteiger partial charge in [0.25, 0.3) is 0 Å². The van der Waals surface area contributed by atoms with Crippen LogP contribution in [-0.4, -0.2) is 34.6 Å². The molecule has 0 bridgehead atoms. The van der Waals surface area contributed by atoms with E-state index in [0.717, 1.165) is 12.2 Å². The average molecular weight is 181 g/mol. The summed E-state index contributed by atoms with van der Waals surface area (Å²) in [5.74, 6) is 0. The molecule has 1 rings (SSSR count). The van der Waals surface area contributed by atoms with Crippen molar-refractivity contribution in [3.63, 3.8) is 0 Å². The Labute approximate surface area is 80.4 Å². The number of hydrogen-bond acceptors (Lipinski definition) is 2. The highest BCUT2D eigenvalue weighted by Gasteiger charge is 2.08. The first-order valence-electron chi connectivity index (χ1n) is 4.67. The number of rotatable bonds is 3. The van der Waals surface area contributed by atoms with E-state index in [1.807, 2.05) is 13.3 Å². The molecule has 0 aliphatic heterocycles. The molecule has 0 aromatic carbocycles. The highest BCUT2D eigenvalue weighted by atomic mass is 15.1. The first kappa shape index (κ1) is 10.3. The lowest BCUT2D eigenvalue weighted by atomic mass is 10.3. The van der Waals surface area contributed by atoms with Crippen molar-refractivity contribution in [2.45, 2.75) is 33.4 Å². The number of nitrogens with zero attached hydrogens (tertiary/aromatic N) is 3. The van der Waals surface area contributed by atoms with Crippen molar-refractivity contribution in [3.8, 4) is 0 Å². The molecule has 0 amide bonds. The van der Waals surface area contributed by atoms with Crippen molar-refractivity contribution in [2.75, 3.05) is 14.1 Å². The van der Waals surface area contributed by atoms with Crippen molar-refractivity contribution < 1.29 is 0 Å². The fraction of sp³-hybridized carbons (Fsp3) is 0.700. The van der Waals surface area contributed by atoms with Crippen LogP contribution in [0.5, 0.6) is 0 Å². The van der Waals surface area contributed by atoms with Gasteiger partial charge in [0.15, 0.2) is 0 Å². The Bertz CT molecular complexity index is 276. The number of hydrogen-bond donors (Lipinski definition) is 0. The van der Waals surface area contributed by atoms with E-state index >= 15 is 0 Å². The number of imidazole rings is 1. The summed E-state index contributed by atoms with van der Waals surface area (Å²) in [5.41, 5.74) is 2.40. The zero-order chi connectivity index (χ0) is 10.0. The van der Waals surface area contributed by atoms with E-state index in [4.69, 9.17) is 0 Å². The number of likely N-dealkylation sites (N-methyl/N-ethyl adjacent to an activating group) is 1. The molecule has 3 heteroatoms. The molecule has 0 aliphatic carbocycles. The smallest absolute Gasteiger partial charge is 0.0951 e. The molecule has 1 aromatic rings. The van der Waals surface area contributed by atoms with Crippen molar-refractivity contribution in [1.29, 1.82) is 0 Å². The molecule has 1 atom stereocenters. The van der Waals surface area contributed by atoms with Gasteiger partial charge < -0.3 is 9.47 Å². The quantitative estimate of drug-likeness (QED) is 0.703. The SMILES string of the molecule is Cc1ncn(CC(C)N(C)C)c1C. The van der Waals surface area contributed by atoms with Crippen molar-refractivity contribution in [2.24, 2.45) is 0 Å². The molecule has 1 aromatic heterocycles. The van der Waals surface area contributed by atoms with Gasteiger partial charge in [-0.3, -0.25) is 0 Å². The minimum absolute atomic E-state index is 0.548. The molecule has 0 saturated heterocycles. The standard InChI is InChI=1S/C10H19N3/c1-8(12(4)5)6-13-7-11-9(2)10(13)3/h7-8H,6H2,1-5H3. The summed E-state index contributed by atoms with van der Waals surface area (Å²) >= 11 is 0. The predicted octanol–water partition coefficient (Wildman–Crippen LogP) is 1.45. The van der Waals surface area contributed by atoms with Crippen LogP contribution < -0.4 is 0 Å². The van der Waals surface area contributed by atoms with Crippen LogP contribution in [0.3, 0.4) is 0 Å². The summed E-state index contributed by atoms with van der Waals surface area (Å²) in [7, 11) is 4.20. The molecule has 1 unspecified atom stereocenters. The van der Waals surface area contributed by atoms with Gasteiger partial charge in [0.1, 0.15) is 0 Å². The zero-order valence-electron chi connectivity index (χ0n) is 9.20. The average Bonchev–Trinajstić information content (AvgIpc) is 2.36. The number of aromatic nitrogens is 2. The summed E-state index contributed by atoms with van der Waals surface area (Å²) < 4.78 is 2.21. The van der Waals surface area contributed by atoms with Crippen LogP contribution in [0.4, 0.5) is 0 Å². The Kier molecular flexibility index (Phi) is 3.09. The van der Waals surface area contributed by atoms with Crippen LogP contribution in [0.15, 0.2) is 6.33 Å². The molecule has 0 fully saturated rings. The van der Waals surface area contributed by atoms with Gasteiger partial charge in [-0.2, -0.15) is 0 Å².